The van der Waals surface area contributed by atoms with Gasteiger partial charge in [-0.15, -0.1) is 0 Å². The number of nitrogens with zero attached hydrogens (tertiary/aromatic N) is 1. The molecule has 26 heavy (non-hydrogen) atoms. The van der Waals surface area contributed by atoms with Crippen molar-refractivity contribution in [3.05, 3.63) is 72.3 Å². The second kappa shape index (κ2) is 8.67. The first-order valence-corrected chi connectivity index (χ1v) is 8.41. The molecule has 0 radical (unpaired) electrons. The molecule has 0 fully saturated rings. The number of hydrogen-bond acceptors (Lipinski definition) is 4. The van der Waals surface area contributed by atoms with Crippen LogP contribution in [0.5, 0.6) is 11.5 Å². The first-order chi connectivity index (χ1) is 12.8. The molecule has 0 aromatic heterocycles. The van der Waals surface area contributed by atoms with Crippen molar-refractivity contribution < 1.29 is 14.3 Å². The standard InChI is InChI=1S/C21H20N2O3/c1-2-25-20-10-6-5-9-18(20)14-22-23-21(24)15-26-19-12-11-16-7-3-4-8-17(16)13-19/h3-14H,2,15H2,1H3,(H,23,24)/b22-14+. The Morgan fingerprint density at radius 2 is 1.77 bits per heavy atom. The normalized spacial score (nSPS) is 10.8. The molecule has 0 saturated heterocycles. The van der Waals surface area contributed by atoms with Gasteiger partial charge in [0.05, 0.1) is 12.8 Å². The van der Waals surface area contributed by atoms with Crippen molar-refractivity contribution in [1.29, 1.82) is 0 Å². The average Bonchev–Trinajstić information content (AvgIpc) is 2.68. The van der Waals surface area contributed by atoms with Gasteiger partial charge in [0.2, 0.25) is 0 Å². The number of carbonyl (C=O) groups excluding carboxylic acids is 1. The summed E-state index contributed by atoms with van der Waals surface area (Å²) in [4.78, 5) is 11.9. The summed E-state index contributed by atoms with van der Waals surface area (Å²) in [5, 5.41) is 6.15. The van der Waals surface area contributed by atoms with Crippen LogP contribution in [-0.4, -0.2) is 25.3 Å². The molecule has 5 heteroatoms. The zero-order valence-electron chi connectivity index (χ0n) is 14.5. The topological polar surface area (TPSA) is 59.9 Å². The van der Waals surface area contributed by atoms with E-state index < -0.39 is 0 Å². The van der Waals surface area contributed by atoms with Crippen LogP contribution in [0.3, 0.4) is 0 Å². The Morgan fingerprint density at radius 1 is 1.00 bits per heavy atom. The Hall–Kier alpha value is -3.34. The Morgan fingerprint density at radius 3 is 2.62 bits per heavy atom. The van der Waals surface area contributed by atoms with E-state index in [1.54, 1.807) is 6.21 Å². The maximum atomic E-state index is 11.9. The highest BCUT2D eigenvalue weighted by atomic mass is 16.5. The highest BCUT2D eigenvalue weighted by molar-refractivity contribution is 5.86. The van der Waals surface area contributed by atoms with Crippen molar-refractivity contribution in [2.75, 3.05) is 13.2 Å². The summed E-state index contributed by atoms with van der Waals surface area (Å²) < 4.78 is 11.0. The van der Waals surface area contributed by atoms with Crippen LogP contribution in [0.25, 0.3) is 10.8 Å². The molecule has 3 aromatic carbocycles. The Kier molecular flexibility index (Phi) is 5.83. The molecular weight excluding hydrogens is 328 g/mol. The van der Waals surface area contributed by atoms with E-state index in [9.17, 15) is 4.79 Å². The van der Waals surface area contributed by atoms with Crippen LogP contribution >= 0.6 is 0 Å². The second-order valence-corrected chi connectivity index (χ2v) is 5.56. The number of nitrogens with one attached hydrogen (secondary N) is 1. The van der Waals surface area contributed by atoms with E-state index in [-0.39, 0.29) is 12.5 Å². The van der Waals surface area contributed by atoms with Gasteiger partial charge in [0, 0.05) is 5.56 Å². The lowest BCUT2D eigenvalue weighted by atomic mass is 10.1. The Labute approximate surface area is 152 Å². The van der Waals surface area contributed by atoms with Crippen LogP contribution in [0.15, 0.2) is 71.8 Å². The van der Waals surface area contributed by atoms with Gasteiger partial charge < -0.3 is 9.47 Å². The minimum Gasteiger partial charge on any atom is -0.493 e. The number of rotatable bonds is 7. The van der Waals surface area contributed by atoms with Crippen molar-refractivity contribution in [2.45, 2.75) is 6.92 Å². The third kappa shape index (κ3) is 4.60. The zero-order chi connectivity index (χ0) is 18.2. The molecule has 3 rings (SSSR count). The summed E-state index contributed by atoms with van der Waals surface area (Å²) in [6.07, 6.45) is 1.55. The molecule has 0 aliphatic carbocycles. The van der Waals surface area contributed by atoms with E-state index in [1.165, 1.54) is 0 Å². The van der Waals surface area contributed by atoms with Gasteiger partial charge in [-0.2, -0.15) is 5.10 Å². The molecule has 132 valence electrons. The van der Waals surface area contributed by atoms with Gasteiger partial charge in [-0.3, -0.25) is 4.79 Å². The molecular formula is C21H20N2O3. The SMILES string of the molecule is CCOc1ccccc1/C=N/NC(=O)COc1ccc2ccccc2c1. The van der Waals surface area contributed by atoms with Crippen molar-refractivity contribution in [1.82, 2.24) is 5.43 Å². The van der Waals surface area contributed by atoms with Crippen LogP contribution in [0.1, 0.15) is 12.5 Å². The minimum atomic E-state index is -0.330. The smallest absolute Gasteiger partial charge is 0.277 e. The summed E-state index contributed by atoms with van der Waals surface area (Å²) in [5.41, 5.74) is 3.25. The summed E-state index contributed by atoms with van der Waals surface area (Å²) >= 11 is 0. The number of fused-ring (bicyclic) bond motifs is 1. The quantitative estimate of drug-likeness (QED) is 0.522. The second-order valence-electron chi connectivity index (χ2n) is 5.56. The minimum absolute atomic E-state index is 0.108. The number of amides is 1. The lowest BCUT2D eigenvalue weighted by Gasteiger charge is -2.07. The van der Waals surface area contributed by atoms with Crippen molar-refractivity contribution in [3.8, 4) is 11.5 Å². The predicted molar refractivity (Wildman–Crippen MR) is 103 cm³/mol. The van der Waals surface area contributed by atoms with Gasteiger partial charge in [0.25, 0.3) is 5.91 Å². The number of ether oxygens (including phenoxy) is 2. The third-order valence-corrected chi connectivity index (χ3v) is 3.70. The highest BCUT2D eigenvalue weighted by Gasteiger charge is 2.03. The van der Waals surface area contributed by atoms with Gasteiger partial charge in [0.15, 0.2) is 6.61 Å². The highest BCUT2D eigenvalue weighted by Crippen LogP contribution is 2.20. The summed E-state index contributed by atoms with van der Waals surface area (Å²) in [6, 6.07) is 21.2. The number of para-hydroxylation sites is 1. The van der Waals surface area contributed by atoms with E-state index in [4.69, 9.17) is 9.47 Å². The van der Waals surface area contributed by atoms with E-state index in [2.05, 4.69) is 10.5 Å². The van der Waals surface area contributed by atoms with Crippen molar-refractivity contribution in [2.24, 2.45) is 5.10 Å². The third-order valence-electron chi connectivity index (χ3n) is 3.70. The fraction of sp³-hybridized carbons (Fsp3) is 0.143. The van der Waals surface area contributed by atoms with Crippen molar-refractivity contribution >= 4 is 22.9 Å². The van der Waals surface area contributed by atoms with Crippen LogP contribution in [0.4, 0.5) is 0 Å². The van der Waals surface area contributed by atoms with Gasteiger partial charge >= 0.3 is 0 Å². The van der Waals surface area contributed by atoms with E-state index in [0.717, 1.165) is 22.1 Å². The Balaban J connectivity index is 1.54. The molecule has 1 amide bonds. The van der Waals surface area contributed by atoms with E-state index in [1.807, 2.05) is 73.7 Å². The molecule has 0 bridgehead atoms. The van der Waals surface area contributed by atoms with Gasteiger partial charge in [-0.05, 0) is 42.0 Å². The predicted octanol–water partition coefficient (Wildman–Crippen LogP) is 3.77. The summed E-state index contributed by atoms with van der Waals surface area (Å²) in [5.74, 6) is 1.04. The molecule has 0 unspecified atom stereocenters. The molecule has 0 spiro atoms. The molecule has 0 aliphatic rings. The summed E-state index contributed by atoms with van der Waals surface area (Å²) in [7, 11) is 0. The fourth-order valence-corrected chi connectivity index (χ4v) is 2.49. The lowest BCUT2D eigenvalue weighted by Crippen LogP contribution is -2.24. The molecule has 3 aromatic rings. The largest absolute Gasteiger partial charge is 0.493 e. The van der Waals surface area contributed by atoms with Crippen LogP contribution in [0, 0.1) is 0 Å². The van der Waals surface area contributed by atoms with E-state index in [0.29, 0.717) is 12.4 Å². The lowest BCUT2D eigenvalue weighted by molar-refractivity contribution is -0.123. The number of hydrogen-bond donors (Lipinski definition) is 1. The molecule has 0 saturated carbocycles. The number of benzene rings is 3. The van der Waals surface area contributed by atoms with Crippen molar-refractivity contribution in [3.63, 3.8) is 0 Å². The monoisotopic (exact) mass is 348 g/mol. The van der Waals surface area contributed by atoms with Crippen LogP contribution in [-0.2, 0) is 4.79 Å². The number of hydrazone groups is 1. The fourth-order valence-electron chi connectivity index (χ4n) is 2.49. The molecule has 5 nitrogen and oxygen atoms in total. The van der Waals surface area contributed by atoms with Gasteiger partial charge in [-0.25, -0.2) is 5.43 Å². The van der Waals surface area contributed by atoms with Gasteiger partial charge in [0.1, 0.15) is 11.5 Å². The summed E-state index contributed by atoms with van der Waals surface area (Å²) in [6.45, 7) is 2.37. The molecule has 0 heterocycles. The zero-order valence-corrected chi connectivity index (χ0v) is 14.5. The average molecular weight is 348 g/mol. The molecule has 1 N–H and O–H groups in total. The molecule has 0 atom stereocenters. The Bertz CT molecular complexity index is 922. The van der Waals surface area contributed by atoms with Gasteiger partial charge in [-0.1, -0.05) is 42.5 Å². The molecule has 0 aliphatic heterocycles. The first-order valence-electron chi connectivity index (χ1n) is 8.41. The first kappa shape index (κ1) is 17.5. The number of carbonyl (C=O) groups is 1. The maximum Gasteiger partial charge on any atom is 0.277 e. The maximum absolute atomic E-state index is 11.9. The van der Waals surface area contributed by atoms with E-state index >= 15 is 0 Å². The van der Waals surface area contributed by atoms with Crippen LogP contribution in [0.2, 0.25) is 0 Å². The van der Waals surface area contributed by atoms with Crippen LogP contribution < -0.4 is 14.9 Å².